The summed E-state index contributed by atoms with van der Waals surface area (Å²) >= 11 is 14.1. The molecular weight excluding hydrogens is 697 g/mol. The number of nitrogens with zero attached hydrogens (tertiary/aromatic N) is 4. The van der Waals surface area contributed by atoms with E-state index < -0.39 is 18.5 Å². The first-order chi connectivity index (χ1) is 24.5. The highest BCUT2D eigenvalue weighted by molar-refractivity contribution is 6.39. The number of aromatic nitrogens is 4. The number of benzene rings is 2. The van der Waals surface area contributed by atoms with Gasteiger partial charge in [-0.3, -0.25) is 19.0 Å². The van der Waals surface area contributed by atoms with Crippen LogP contribution in [0.4, 0.5) is 0 Å². The van der Waals surface area contributed by atoms with Crippen LogP contribution in [0.3, 0.4) is 0 Å². The summed E-state index contributed by atoms with van der Waals surface area (Å²) in [5.74, 6) is -0.160. The van der Waals surface area contributed by atoms with Gasteiger partial charge in [0.15, 0.2) is 0 Å². The van der Waals surface area contributed by atoms with Gasteiger partial charge in [-0.25, -0.2) is 9.50 Å². The van der Waals surface area contributed by atoms with Crippen LogP contribution in [0.25, 0.3) is 39.0 Å². The van der Waals surface area contributed by atoms with Gasteiger partial charge in [-0.05, 0) is 18.6 Å². The minimum atomic E-state index is -1.10. The molecule has 1 fully saturated rings. The zero-order valence-corrected chi connectivity index (χ0v) is 29.5. The van der Waals surface area contributed by atoms with Gasteiger partial charge in [0.2, 0.25) is 11.8 Å². The van der Waals surface area contributed by atoms with Crippen LogP contribution in [0.1, 0.15) is 30.7 Å². The summed E-state index contributed by atoms with van der Waals surface area (Å²) < 4.78 is 8.52. The molecule has 2 aromatic carbocycles. The summed E-state index contributed by atoms with van der Waals surface area (Å²) in [6.07, 6.45) is 1.62. The van der Waals surface area contributed by atoms with Crippen LogP contribution in [0.5, 0.6) is 5.88 Å². The molecule has 0 saturated carbocycles. The number of methoxy groups -OCH3 is 1. The Bertz CT molecular complexity index is 2170. The van der Waals surface area contributed by atoms with Gasteiger partial charge in [0.1, 0.15) is 11.3 Å². The molecule has 1 aliphatic rings. The van der Waals surface area contributed by atoms with Crippen LogP contribution < -0.4 is 26.2 Å². The molecule has 15 heteroatoms. The van der Waals surface area contributed by atoms with Crippen LogP contribution in [0, 0.1) is 0 Å². The van der Waals surface area contributed by atoms with Gasteiger partial charge >= 0.3 is 5.97 Å². The van der Waals surface area contributed by atoms with E-state index in [-0.39, 0.29) is 30.6 Å². The van der Waals surface area contributed by atoms with E-state index in [4.69, 9.17) is 38.0 Å². The van der Waals surface area contributed by atoms with Crippen LogP contribution in [0.2, 0.25) is 10.0 Å². The molecule has 6 rings (SSSR count). The number of halogens is 2. The number of amides is 1. The quantitative estimate of drug-likeness (QED) is 0.112. The van der Waals surface area contributed by atoms with Gasteiger partial charge in [-0.2, -0.15) is 5.10 Å². The number of hydrogen-bond acceptors (Lipinski definition) is 9. The minimum absolute atomic E-state index is 0.0268. The molecule has 0 bridgehead atoms. The van der Waals surface area contributed by atoms with Crippen molar-refractivity contribution in [1.82, 2.24) is 35.1 Å². The highest BCUT2D eigenvalue weighted by Gasteiger charge is 2.21. The fraction of sp³-hybridized carbons (Fsp3) is 0.306. The summed E-state index contributed by atoms with van der Waals surface area (Å²) in [5, 5.41) is 33.5. The molecule has 4 heterocycles. The lowest BCUT2D eigenvalue weighted by molar-refractivity contribution is -0.139. The number of nitrogens with one attached hydrogen (secondary N) is 3. The summed E-state index contributed by atoms with van der Waals surface area (Å²) in [6.45, 7) is 1.34. The van der Waals surface area contributed by atoms with Crippen molar-refractivity contribution in [3.05, 3.63) is 92.6 Å². The first-order valence-corrected chi connectivity index (χ1v) is 17.1. The number of ether oxygens (including phenoxy) is 1. The predicted octanol–water partition coefficient (Wildman–Crippen LogP) is 4.04. The Hall–Kier alpha value is -4.79. The van der Waals surface area contributed by atoms with E-state index in [0.29, 0.717) is 80.3 Å². The SMILES string of the molecule is COc1nc(-c2cccc(-c3cccc(-c4cc5c(=O)n(C)c(CNCC(O)CC(=O)O)nn5c4)c3Cl)c2Cl)ccc1CNC[C@H]1CCC(=O)N1. The third kappa shape index (κ3) is 7.92. The van der Waals surface area contributed by atoms with Crippen LogP contribution in [-0.2, 0) is 29.7 Å². The molecule has 1 saturated heterocycles. The maximum absolute atomic E-state index is 13.3. The van der Waals surface area contributed by atoms with Crippen molar-refractivity contribution < 1.29 is 24.5 Å². The van der Waals surface area contributed by atoms with Gasteiger partial charge in [-0.15, -0.1) is 0 Å². The Morgan fingerprint density at radius 1 is 1.04 bits per heavy atom. The molecule has 51 heavy (non-hydrogen) atoms. The zero-order valence-electron chi connectivity index (χ0n) is 28.0. The Kier molecular flexibility index (Phi) is 11.0. The molecule has 2 atom stereocenters. The van der Waals surface area contributed by atoms with E-state index in [0.717, 1.165) is 12.0 Å². The number of aliphatic carboxylic acids is 1. The average molecular weight is 735 g/mol. The van der Waals surface area contributed by atoms with Gasteiger partial charge < -0.3 is 30.9 Å². The molecule has 13 nitrogen and oxygen atoms in total. The highest BCUT2D eigenvalue weighted by Crippen LogP contribution is 2.42. The molecule has 266 valence electrons. The van der Waals surface area contributed by atoms with Crippen molar-refractivity contribution in [3.63, 3.8) is 0 Å². The van der Waals surface area contributed by atoms with Crippen molar-refractivity contribution in [3.8, 4) is 39.4 Å². The Morgan fingerprint density at radius 3 is 2.43 bits per heavy atom. The summed E-state index contributed by atoms with van der Waals surface area (Å²) in [4.78, 5) is 40.4. The van der Waals surface area contributed by atoms with Crippen molar-refractivity contribution >= 4 is 40.6 Å². The predicted molar refractivity (Wildman–Crippen MR) is 194 cm³/mol. The number of carbonyl (C=O) groups excluding carboxylic acids is 1. The fourth-order valence-corrected chi connectivity index (χ4v) is 6.80. The van der Waals surface area contributed by atoms with Crippen molar-refractivity contribution in [2.45, 2.75) is 44.5 Å². The number of carboxylic acids is 1. The number of aliphatic hydroxyl groups is 1. The minimum Gasteiger partial charge on any atom is -0.481 e. The molecule has 1 unspecified atom stereocenters. The lowest BCUT2D eigenvalue weighted by Gasteiger charge is -2.15. The number of hydrogen-bond donors (Lipinski definition) is 5. The number of carbonyl (C=O) groups is 2. The first-order valence-electron chi connectivity index (χ1n) is 16.3. The second kappa shape index (κ2) is 15.6. The fourth-order valence-electron chi connectivity index (χ4n) is 6.14. The second-order valence-corrected chi connectivity index (χ2v) is 13.1. The van der Waals surface area contributed by atoms with Gasteiger partial charge in [0, 0.05) is 78.7 Å². The van der Waals surface area contributed by atoms with Crippen molar-refractivity contribution in [1.29, 1.82) is 0 Å². The molecule has 1 aliphatic heterocycles. The van der Waals surface area contributed by atoms with E-state index in [1.54, 1.807) is 26.4 Å². The molecule has 0 radical (unpaired) electrons. The number of pyridine rings is 1. The lowest BCUT2D eigenvalue weighted by atomic mass is 9.97. The van der Waals surface area contributed by atoms with E-state index in [1.165, 1.54) is 9.08 Å². The molecule has 5 N–H and O–H groups in total. The van der Waals surface area contributed by atoms with E-state index >= 15 is 0 Å². The Labute approximate surface area is 303 Å². The largest absolute Gasteiger partial charge is 0.481 e. The molecular formula is C36H37Cl2N7O6. The van der Waals surface area contributed by atoms with E-state index in [2.05, 4.69) is 21.0 Å². The number of carboxylic acid groups (broad SMARTS) is 1. The molecule has 0 aliphatic carbocycles. The molecule has 0 spiro atoms. The zero-order chi connectivity index (χ0) is 36.2. The number of rotatable bonds is 14. The lowest BCUT2D eigenvalue weighted by Crippen LogP contribution is -2.35. The topological polar surface area (TPSA) is 172 Å². The average Bonchev–Trinajstić information content (AvgIpc) is 3.73. The molecule has 3 aromatic heterocycles. The first kappa shape index (κ1) is 36.0. The third-order valence-corrected chi connectivity index (χ3v) is 9.62. The number of fused-ring (bicyclic) bond motifs is 1. The smallest absolute Gasteiger partial charge is 0.306 e. The van der Waals surface area contributed by atoms with Gasteiger partial charge in [-0.1, -0.05) is 65.7 Å². The standard InChI is InChI=1S/C36H37Cl2N7O6/c1-44-30(18-40-17-23(46)14-32(48)49)43-45-19-21(13-29(45)36(44)50)24-5-3-6-25(33(24)37)26-7-4-8-27(34(26)38)28-11-9-20(35(42-28)51-2)15-39-16-22-10-12-31(47)41-22/h3-9,11,13,19,22-23,39-40,46H,10,12,14-18H2,1-2H3,(H,41,47)(H,48,49)/t22-,23?/m1/s1. The Morgan fingerprint density at radius 2 is 1.75 bits per heavy atom. The normalized spacial score (nSPS) is 14.9. The summed E-state index contributed by atoms with van der Waals surface area (Å²) in [6, 6.07) is 16.9. The third-order valence-electron chi connectivity index (χ3n) is 8.81. The summed E-state index contributed by atoms with van der Waals surface area (Å²) in [5.41, 5.74) is 4.98. The molecule has 1 amide bonds. The Balaban J connectivity index is 1.25. The number of aliphatic hydroxyl groups excluding tert-OH is 1. The summed E-state index contributed by atoms with van der Waals surface area (Å²) in [7, 11) is 3.17. The van der Waals surface area contributed by atoms with E-state index in [9.17, 15) is 19.5 Å². The maximum atomic E-state index is 13.3. The van der Waals surface area contributed by atoms with Crippen molar-refractivity contribution in [2.24, 2.45) is 7.05 Å². The van der Waals surface area contributed by atoms with E-state index in [1.807, 2.05) is 48.5 Å². The monoisotopic (exact) mass is 733 g/mol. The van der Waals surface area contributed by atoms with Crippen LogP contribution in [0.15, 0.2) is 65.6 Å². The van der Waals surface area contributed by atoms with Gasteiger partial charge in [0.25, 0.3) is 5.56 Å². The van der Waals surface area contributed by atoms with Crippen LogP contribution in [-0.4, -0.2) is 73.6 Å². The van der Waals surface area contributed by atoms with Gasteiger partial charge in [0.05, 0.1) is 41.9 Å². The maximum Gasteiger partial charge on any atom is 0.306 e. The molecule has 5 aromatic rings. The second-order valence-electron chi connectivity index (χ2n) is 12.4. The van der Waals surface area contributed by atoms with Crippen molar-refractivity contribution in [2.75, 3.05) is 20.2 Å². The van der Waals surface area contributed by atoms with Crippen LogP contribution >= 0.6 is 23.2 Å². The highest BCUT2D eigenvalue weighted by atomic mass is 35.5.